The van der Waals surface area contributed by atoms with Gasteiger partial charge in [-0.1, -0.05) is 19.1 Å². The summed E-state index contributed by atoms with van der Waals surface area (Å²) >= 11 is 0. The lowest BCUT2D eigenvalue weighted by Crippen LogP contribution is -2.05. The van der Waals surface area contributed by atoms with Gasteiger partial charge in [-0.3, -0.25) is 0 Å². The van der Waals surface area contributed by atoms with Gasteiger partial charge in [0.2, 0.25) is 5.88 Å². The van der Waals surface area contributed by atoms with E-state index in [1.54, 1.807) is 13.2 Å². The van der Waals surface area contributed by atoms with Crippen molar-refractivity contribution in [3.8, 4) is 17.4 Å². The maximum Gasteiger partial charge on any atom is 0.224 e. The molecule has 5 heteroatoms. The lowest BCUT2D eigenvalue weighted by atomic mass is 10.3. The minimum absolute atomic E-state index is 0.522. The zero-order chi connectivity index (χ0) is 15.1. The first-order chi connectivity index (χ1) is 10.3. The van der Waals surface area contributed by atoms with Crippen molar-refractivity contribution in [3.05, 3.63) is 36.2 Å². The first-order valence-corrected chi connectivity index (χ1v) is 7.19. The van der Waals surface area contributed by atoms with E-state index in [0.29, 0.717) is 17.4 Å². The van der Waals surface area contributed by atoms with Crippen LogP contribution in [0, 0.1) is 0 Å². The Kier molecular flexibility index (Phi) is 5.37. The average Bonchev–Trinajstić information content (AvgIpc) is 2.48. The Hall–Kier alpha value is -2.30. The van der Waals surface area contributed by atoms with Crippen LogP contribution in [0.1, 0.15) is 26.1 Å². The highest BCUT2D eigenvalue weighted by molar-refractivity contribution is 5.44. The first kappa shape index (κ1) is 15.1. The molecule has 21 heavy (non-hydrogen) atoms. The fraction of sp³-hybridized carbons (Fsp3) is 0.375. The van der Waals surface area contributed by atoms with E-state index in [4.69, 9.17) is 9.47 Å². The van der Waals surface area contributed by atoms with E-state index in [1.807, 2.05) is 31.2 Å². The van der Waals surface area contributed by atoms with Gasteiger partial charge in [0.05, 0.1) is 7.11 Å². The maximum atomic E-state index is 5.86. The number of aryl methyl sites for hydroxylation is 1. The summed E-state index contributed by atoms with van der Waals surface area (Å²) in [5.74, 6) is 3.40. The molecule has 0 atom stereocenters. The summed E-state index contributed by atoms with van der Waals surface area (Å²) in [5, 5.41) is 3.20. The fourth-order valence-corrected chi connectivity index (χ4v) is 1.95. The van der Waals surface area contributed by atoms with Gasteiger partial charge >= 0.3 is 0 Å². The highest BCUT2D eigenvalue weighted by atomic mass is 16.5. The standard InChI is InChI=1S/C16H21N3O2/c1-4-8-14-18-15(17-5-2)11-16(19-14)21-13-10-7-6-9-12(13)20-3/h6-7,9-11H,4-5,8H2,1-3H3,(H,17,18,19). The number of para-hydroxylation sites is 2. The third-order valence-corrected chi connectivity index (χ3v) is 2.86. The minimum atomic E-state index is 0.522. The number of methoxy groups -OCH3 is 1. The van der Waals surface area contributed by atoms with Gasteiger partial charge in [0, 0.05) is 19.0 Å². The van der Waals surface area contributed by atoms with Crippen molar-refractivity contribution in [2.24, 2.45) is 0 Å². The van der Waals surface area contributed by atoms with Gasteiger partial charge in [0.15, 0.2) is 11.5 Å². The number of aromatic nitrogens is 2. The maximum absolute atomic E-state index is 5.86. The van der Waals surface area contributed by atoms with E-state index < -0.39 is 0 Å². The topological polar surface area (TPSA) is 56.3 Å². The molecule has 1 heterocycles. The largest absolute Gasteiger partial charge is 0.493 e. The van der Waals surface area contributed by atoms with E-state index in [9.17, 15) is 0 Å². The molecule has 112 valence electrons. The molecule has 2 aromatic rings. The third kappa shape index (κ3) is 4.08. The molecule has 0 saturated carbocycles. The van der Waals surface area contributed by atoms with Crippen molar-refractivity contribution in [1.29, 1.82) is 0 Å². The van der Waals surface area contributed by atoms with Gasteiger partial charge < -0.3 is 14.8 Å². The van der Waals surface area contributed by atoms with Crippen LogP contribution in [0.5, 0.6) is 17.4 Å². The Morgan fingerprint density at radius 3 is 2.52 bits per heavy atom. The van der Waals surface area contributed by atoms with Crippen LogP contribution in [-0.4, -0.2) is 23.6 Å². The van der Waals surface area contributed by atoms with Crippen LogP contribution in [0.2, 0.25) is 0 Å². The molecule has 1 aromatic heterocycles. The Bertz CT molecular complexity index is 563. The smallest absolute Gasteiger partial charge is 0.224 e. The molecule has 0 amide bonds. The number of ether oxygens (including phenoxy) is 2. The summed E-state index contributed by atoms with van der Waals surface area (Å²) in [6, 6.07) is 9.31. The number of nitrogens with one attached hydrogen (secondary N) is 1. The molecular formula is C16H21N3O2. The highest BCUT2D eigenvalue weighted by Crippen LogP contribution is 2.30. The van der Waals surface area contributed by atoms with Gasteiger partial charge in [0.1, 0.15) is 11.6 Å². The summed E-state index contributed by atoms with van der Waals surface area (Å²) < 4.78 is 11.1. The highest BCUT2D eigenvalue weighted by Gasteiger charge is 2.09. The van der Waals surface area contributed by atoms with Crippen LogP contribution in [0.25, 0.3) is 0 Å². The van der Waals surface area contributed by atoms with E-state index in [2.05, 4.69) is 22.2 Å². The van der Waals surface area contributed by atoms with Gasteiger partial charge in [0.25, 0.3) is 0 Å². The predicted molar refractivity (Wildman–Crippen MR) is 83.3 cm³/mol. The van der Waals surface area contributed by atoms with Crippen molar-refractivity contribution < 1.29 is 9.47 Å². The molecule has 0 radical (unpaired) electrons. The SMILES string of the molecule is CCCc1nc(NCC)cc(Oc2ccccc2OC)n1. The second-order valence-electron chi connectivity index (χ2n) is 4.54. The third-order valence-electron chi connectivity index (χ3n) is 2.86. The second kappa shape index (κ2) is 7.47. The van der Waals surface area contributed by atoms with Crippen LogP contribution in [-0.2, 0) is 6.42 Å². The van der Waals surface area contributed by atoms with Crippen molar-refractivity contribution in [2.75, 3.05) is 19.0 Å². The Labute approximate surface area is 125 Å². The molecule has 0 fully saturated rings. The zero-order valence-corrected chi connectivity index (χ0v) is 12.7. The zero-order valence-electron chi connectivity index (χ0n) is 12.7. The molecule has 0 bridgehead atoms. The second-order valence-corrected chi connectivity index (χ2v) is 4.54. The van der Waals surface area contributed by atoms with Crippen molar-refractivity contribution in [1.82, 2.24) is 9.97 Å². The summed E-state index contributed by atoms with van der Waals surface area (Å²) in [5.41, 5.74) is 0. The normalized spacial score (nSPS) is 10.2. The molecule has 0 aliphatic carbocycles. The monoisotopic (exact) mass is 287 g/mol. The van der Waals surface area contributed by atoms with Crippen LogP contribution in [0.4, 0.5) is 5.82 Å². The van der Waals surface area contributed by atoms with E-state index in [0.717, 1.165) is 31.0 Å². The fourth-order valence-electron chi connectivity index (χ4n) is 1.95. The molecule has 0 aliphatic heterocycles. The lowest BCUT2D eigenvalue weighted by Gasteiger charge is -2.11. The summed E-state index contributed by atoms with van der Waals surface area (Å²) in [6.07, 6.45) is 1.81. The molecular weight excluding hydrogens is 266 g/mol. The van der Waals surface area contributed by atoms with Crippen LogP contribution < -0.4 is 14.8 Å². The molecule has 0 saturated heterocycles. The summed E-state index contributed by atoms with van der Waals surface area (Å²) in [4.78, 5) is 8.91. The Morgan fingerprint density at radius 2 is 1.86 bits per heavy atom. The van der Waals surface area contributed by atoms with E-state index in [1.165, 1.54) is 0 Å². The van der Waals surface area contributed by atoms with Gasteiger partial charge in [-0.05, 0) is 25.5 Å². The summed E-state index contributed by atoms with van der Waals surface area (Å²) in [6.45, 7) is 4.93. The molecule has 1 aromatic carbocycles. The minimum Gasteiger partial charge on any atom is -0.493 e. The first-order valence-electron chi connectivity index (χ1n) is 7.19. The van der Waals surface area contributed by atoms with Crippen molar-refractivity contribution in [2.45, 2.75) is 26.7 Å². The quantitative estimate of drug-likeness (QED) is 0.842. The van der Waals surface area contributed by atoms with Crippen molar-refractivity contribution >= 4 is 5.82 Å². The van der Waals surface area contributed by atoms with Gasteiger partial charge in [-0.15, -0.1) is 0 Å². The lowest BCUT2D eigenvalue weighted by molar-refractivity contribution is 0.373. The molecule has 1 N–H and O–H groups in total. The molecule has 0 spiro atoms. The number of rotatable bonds is 7. The average molecular weight is 287 g/mol. The van der Waals surface area contributed by atoms with Crippen LogP contribution in [0.3, 0.4) is 0 Å². The number of benzene rings is 1. The Balaban J connectivity index is 2.29. The number of hydrogen-bond donors (Lipinski definition) is 1. The molecule has 0 unspecified atom stereocenters. The van der Waals surface area contributed by atoms with E-state index in [-0.39, 0.29) is 0 Å². The molecule has 2 rings (SSSR count). The molecule has 5 nitrogen and oxygen atoms in total. The van der Waals surface area contributed by atoms with Crippen LogP contribution >= 0.6 is 0 Å². The predicted octanol–water partition coefficient (Wildman–Crippen LogP) is 3.66. The Morgan fingerprint density at radius 1 is 1.10 bits per heavy atom. The van der Waals surface area contributed by atoms with Gasteiger partial charge in [-0.2, -0.15) is 4.98 Å². The summed E-state index contributed by atoms with van der Waals surface area (Å²) in [7, 11) is 1.62. The van der Waals surface area contributed by atoms with Crippen LogP contribution in [0.15, 0.2) is 30.3 Å². The number of nitrogens with zero attached hydrogens (tertiary/aromatic N) is 2. The number of anilines is 1. The molecule has 0 aliphatic rings. The number of hydrogen-bond acceptors (Lipinski definition) is 5. The van der Waals surface area contributed by atoms with Crippen molar-refractivity contribution in [3.63, 3.8) is 0 Å². The van der Waals surface area contributed by atoms with Gasteiger partial charge in [-0.25, -0.2) is 4.98 Å². The van der Waals surface area contributed by atoms with E-state index >= 15 is 0 Å².